The number of hydrogen-bond donors (Lipinski definition) is 0. The second-order valence-corrected chi connectivity index (χ2v) is 5.09. The molecule has 0 amide bonds. The van der Waals surface area contributed by atoms with E-state index in [4.69, 9.17) is 0 Å². The van der Waals surface area contributed by atoms with Crippen molar-refractivity contribution in [2.45, 2.75) is 27.3 Å². The molecular formula is C9H15BrN2S. The van der Waals surface area contributed by atoms with E-state index in [0.29, 0.717) is 0 Å². The third-order valence-electron chi connectivity index (χ3n) is 1.94. The summed E-state index contributed by atoms with van der Waals surface area (Å²) < 4.78 is 3.22. The summed E-state index contributed by atoms with van der Waals surface area (Å²) in [5, 5.41) is 4.44. The van der Waals surface area contributed by atoms with Gasteiger partial charge in [-0.25, -0.2) is 0 Å². The molecule has 0 atom stereocenters. The Morgan fingerprint density at radius 2 is 2.15 bits per heavy atom. The summed E-state index contributed by atoms with van der Waals surface area (Å²) in [6.07, 6.45) is 0. The lowest BCUT2D eigenvalue weighted by atomic mass is 10.4. The summed E-state index contributed by atoms with van der Waals surface area (Å²) >= 11 is 5.47. The van der Waals surface area contributed by atoms with E-state index < -0.39 is 0 Å². The first-order valence-corrected chi connectivity index (χ1v) is 6.38. The van der Waals surface area contributed by atoms with Crippen LogP contribution in [0, 0.1) is 13.8 Å². The fourth-order valence-corrected chi connectivity index (χ4v) is 2.06. The first kappa shape index (κ1) is 11.1. The van der Waals surface area contributed by atoms with E-state index >= 15 is 0 Å². The standard InChI is InChI=1S/C9H15BrN2S/c1-4-13-6-5-12-8(3)9(10)7(2)11-12/h4-6H2,1-3H3. The minimum absolute atomic E-state index is 1.01. The molecule has 0 saturated heterocycles. The van der Waals surface area contributed by atoms with E-state index in [9.17, 15) is 0 Å². The largest absolute Gasteiger partial charge is 0.268 e. The van der Waals surface area contributed by atoms with Crippen molar-refractivity contribution in [3.8, 4) is 0 Å². The summed E-state index contributed by atoms with van der Waals surface area (Å²) in [7, 11) is 0. The first-order valence-electron chi connectivity index (χ1n) is 4.44. The molecule has 2 nitrogen and oxygen atoms in total. The van der Waals surface area contributed by atoms with Gasteiger partial charge in [0.2, 0.25) is 0 Å². The van der Waals surface area contributed by atoms with Gasteiger partial charge in [-0.1, -0.05) is 6.92 Å². The van der Waals surface area contributed by atoms with Crippen LogP contribution in [-0.2, 0) is 6.54 Å². The van der Waals surface area contributed by atoms with E-state index in [-0.39, 0.29) is 0 Å². The summed E-state index contributed by atoms with van der Waals surface area (Å²) in [6, 6.07) is 0. The summed E-state index contributed by atoms with van der Waals surface area (Å²) in [6.45, 7) is 7.32. The normalized spacial score (nSPS) is 10.8. The second kappa shape index (κ2) is 5.05. The summed E-state index contributed by atoms with van der Waals surface area (Å²) in [5.74, 6) is 2.32. The third-order valence-corrected chi connectivity index (χ3v) is 3.97. The van der Waals surface area contributed by atoms with Crippen molar-refractivity contribution in [3.05, 3.63) is 15.9 Å². The van der Waals surface area contributed by atoms with Gasteiger partial charge in [0, 0.05) is 11.4 Å². The van der Waals surface area contributed by atoms with Crippen molar-refractivity contribution in [2.75, 3.05) is 11.5 Å². The Hall–Kier alpha value is 0.0400. The van der Waals surface area contributed by atoms with Gasteiger partial charge in [0.1, 0.15) is 0 Å². The molecule has 0 aliphatic rings. The first-order chi connectivity index (χ1) is 6.16. The van der Waals surface area contributed by atoms with Crippen LogP contribution in [0.3, 0.4) is 0 Å². The van der Waals surface area contributed by atoms with Gasteiger partial charge in [-0.05, 0) is 35.5 Å². The van der Waals surface area contributed by atoms with Gasteiger partial charge in [0.25, 0.3) is 0 Å². The van der Waals surface area contributed by atoms with Gasteiger partial charge >= 0.3 is 0 Å². The van der Waals surface area contributed by atoms with Crippen molar-refractivity contribution in [1.29, 1.82) is 0 Å². The Morgan fingerprint density at radius 3 is 2.62 bits per heavy atom. The van der Waals surface area contributed by atoms with Crippen molar-refractivity contribution < 1.29 is 0 Å². The number of aryl methyl sites for hydroxylation is 2. The highest BCUT2D eigenvalue weighted by Crippen LogP contribution is 2.19. The van der Waals surface area contributed by atoms with E-state index in [1.807, 2.05) is 18.7 Å². The fourth-order valence-electron chi connectivity index (χ4n) is 1.19. The lowest BCUT2D eigenvalue weighted by Gasteiger charge is -2.02. The zero-order valence-electron chi connectivity index (χ0n) is 8.30. The Balaban J connectivity index is 2.61. The minimum atomic E-state index is 1.01. The van der Waals surface area contributed by atoms with Gasteiger partial charge in [0.05, 0.1) is 16.7 Å². The molecule has 0 aliphatic heterocycles. The van der Waals surface area contributed by atoms with Crippen LogP contribution in [0.25, 0.3) is 0 Å². The molecule has 1 heterocycles. The van der Waals surface area contributed by atoms with Crippen LogP contribution in [-0.4, -0.2) is 21.3 Å². The molecule has 1 rings (SSSR count). The van der Waals surface area contributed by atoms with Gasteiger partial charge in [0.15, 0.2) is 0 Å². The zero-order chi connectivity index (χ0) is 9.84. The molecule has 13 heavy (non-hydrogen) atoms. The maximum absolute atomic E-state index is 4.44. The highest BCUT2D eigenvalue weighted by molar-refractivity contribution is 9.10. The molecular weight excluding hydrogens is 248 g/mol. The Bertz CT molecular complexity index is 283. The van der Waals surface area contributed by atoms with Gasteiger partial charge < -0.3 is 0 Å². The van der Waals surface area contributed by atoms with Crippen molar-refractivity contribution in [3.63, 3.8) is 0 Å². The SMILES string of the molecule is CCSCCn1nc(C)c(Br)c1C. The van der Waals surface area contributed by atoms with Gasteiger partial charge in [-0.3, -0.25) is 4.68 Å². The smallest absolute Gasteiger partial charge is 0.0738 e. The monoisotopic (exact) mass is 262 g/mol. The van der Waals surface area contributed by atoms with Crippen LogP contribution in [0.5, 0.6) is 0 Å². The van der Waals surface area contributed by atoms with E-state index in [1.54, 1.807) is 0 Å². The predicted octanol–water partition coefficient (Wildman–Crippen LogP) is 3.02. The molecule has 0 N–H and O–H groups in total. The molecule has 1 aromatic rings. The van der Waals surface area contributed by atoms with Crippen LogP contribution in [0.4, 0.5) is 0 Å². The quantitative estimate of drug-likeness (QED) is 0.777. The molecule has 0 bridgehead atoms. The van der Waals surface area contributed by atoms with Crippen LogP contribution in [0.1, 0.15) is 18.3 Å². The third kappa shape index (κ3) is 2.74. The molecule has 0 radical (unpaired) electrons. The lowest BCUT2D eigenvalue weighted by Crippen LogP contribution is -2.04. The summed E-state index contributed by atoms with van der Waals surface area (Å²) in [4.78, 5) is 0. The number of rotatable bonds is 4. The average molecular weight is 263 g/mol. The molecule has 0 aliphatic carbocycles. The van der Waals surface area contributed by atoms with Crippen LogP contribution < -0.4 is 0 Å². The number of thioether (sulfide) groups is 1. The number of nitrogens with zero attached hydrogens (tertiary/aromatic N) is 2. The summed E-state index contributed by atoms with van der Waals surface area (Å²) in [5.41, 5.74) is 2.31. The van der Waals surface area contributed by atoms with E-state index in [0.717, 1.165) is 22.5 Å². The zero-order valence-corrected chi connectivity index (χ0v) is 10.7. The molecule has 74 valence electrons. The maximum atomic E-state index is 4.44. The number of aromatic nitrogens is 2. The topological polar surface area (TPSA) is 17.8 Å². The van der Waals surface area contributed by atoms with Crippen molar-refractivity contribution in [1.82, 2.24) is 9.78 Å². The number of halogens is 1. The average Bonchev–Trinajstić information content (AvgIpc) is 2.34. The Labute approximate surface area is 92.2 Å². The van der Waals surface area contributed by atoms with Crippen LogP contribution >= 0.6 is 27.7 Å². The van der Waals surface area contributed by atoms with Gasteiger partial charge in [-0.2, -0.15) is 16.9 Å². The van der Waals surface area contributed by atoms with E-state index in [1.165, 1.54) is 11.4 Å². The second-order valence-electron chi connectivity index (χ2n) is 2.90. The molecule has 4 heteroatoms. The molecule has 0 unspecified atom stereocenters. The van der Waals surface area contributed by atoms with E-state index in [2.05, 4.69) is 39.6 Å². The Kier molecular flexibility index (Phi) is 4.32. The van der Waals surface area contributed by atoms with Crippen LogP contribution in [0.2, 0.25) is 0 Å². The predicted molar refractivity (Wildman–Crippen MR) is 62.4 cm³/mol. The fraction of sp³-hybridized carbons (Fsp3) is 0.667. The van der Waals surface area contributed by atoms with Crippen LogP contribution in [0.15, 0.2) is 4.47 Å². The highest BCUT2D eigenvalue weighted by atomic mass is 79.9. The molecule has 0 aromatic carbocycles. The molecule has 1 aromatic heterocycles. The lowest BCUT2D eigenvalue weighted by molar-refractivity contribution is 0.640. The van der Waals surface area contributed by atoms with Gasteiger partial charge in [-0.15, -0.1) is 0 Å². The van der Waals surface area contributed by atoms with Crippen molar-refractivity contribution >= 4 is 27.7 Å². The Morgan fingerprint density at radius 1 is 1.46 bits per heavy atom. The molecule has 0 fully saturated rings. The highest BCUT2D eigenvalue weighted by Gasteiger charge is 2.07. The molecule has 0 spiro atoms. The molecule has 0 saturated carbocycles. The number of hydrogen-bond acceptors (Lipinski definition) is 2. The maximum Gasteiger partial charge on any atom is 0.0738 e. The minimum Gasteiger partial charge on any atom is -0.268 e. The van der Waals surface area contributed by atoms with Crippen molar-refractivity contribution in [2.24, 2.45) is 0 Å².